The van der Waals surface area contributed by atoms with Crippen molar-refractivity contribution in [1.29, 1.82) is 0 Å². The second kappa shape index (κ2) is 7.83. The molecule has 0 fully saturated rings. The molecule has 1 aromatic carbocycles. The average molecular weight is 273 g/mol. The summed E-state index contributed by atoms with van der Waals surface area (Å²) in [7, 11) is 0. The van der Waals surface area contributed by atoms with E-state index in [1.54, 1.807) is 11.1 Å². The van der Waals surface area contributed by atoms with Crippen LogP contribution in [0, 0.1) is 5.92 Å². The molecule has 0 heterocycles. The molecule has 1 aliphatic rings. The summed E-state index contributed by atoms with van der Waals surface area (Å²) in [6.07, 6.45) is 7.87. The molecule has 0 bridgehead atoms. The Hall–Kier alpha value is -0.820. The van der Waals surface area contributed by atoms with Gasteiger partial charge in [0.15, 0.2) is 0 Å². The van der Waals surface area contributed by atoms with E-state index in [2.05, 4.69) is 50.4 Å². The van der Waals surface area contributed by atoms with E-state index in [0.717, 1.165) is 18.4 Å². The van der Waals surface area contributed by atoms with Crippen LogP contribution >= 0.6 is 0 Å². The van der Waals surface area contributed by atoms with Crippen LogP contribution in [-0.4, -0.2) is 12.6 Å². The van der Waals surface area contributed by atoms with Crippen molar-refractivity contribution in [1.82, 2.24) is 5.32 Å². The molecule has 0 aliphatic heterocycles. The molecule has 0 radical (unpaired) electrons. The molecule has 20 heavy (non-hydrogen) atoms. The van der Waals surface area contributed by atoms with Crippen molar-refractivity contribution in [3.63, 3.8) is 0 Å². The van der Waals surface area contributed by atoms with Gasteiger partial charge in [0, 0.05) is 6.04 Å². The van der Waals surface area contributed by atoms with Gasteiger partial charge in [0.2, 0.25) is 0 Å². The van der Waals surface area contributed by atoms with E-state index in [0.29, 0.717) is 6.04 Å². The third kappa shape index (κ3) is 4.09. The van der Waals surface area contributed by atoms with Crippen molar-refractivity contribution < 1.29 is 0 Å². The smallest absolute Gasteiger partial charge is 0.0136 e. The first kappa shape index (κ1) is 15.6. The molecular weight excluding hydrogens is 242 g/mol. The minimum absolute atomic E-state index is 0.666. The molecular formula is C19H31N. The highest BCUT2D eigenvalue weighted by Crippen LogP contribution is 2.35. The lowest BCUT2D eigenvalue weighted by Gasteiger charge is -2.33. The molecule has 1 nitrogen and oxygen atoms in total. The van der Waals surface area contributed by atoms with E-state index in [1.807, 2.05) is 0 Å². The molecule has 2 rings (SSSR count). The normalized spacial score (nSPS) is 19.9. The molecule has 0 saturated carbocycles. The number of hydrogen-bond acceptors (Lipinski definition) is 1. The lowest BCUT2D eigenvalue weighted by molar-refractivity contribution is 0.350. The number of aryl methyl sites for hydroxylation is 1. The highest BCUT2D eigenvalue weighted by Gasteiger charge is 2.27. The molecule has 112 valence electrons. The minimum Gasteiger partial charge on any atom is -0.313 e. The third-order valence-electron chi connectivity index (χ3n) is 4.61. The fraction of sp³-hybridized carbons (Fsp3) is 0.684. The van der Waals surface area contributed by atoms with E-state index in [4.69, 9.17) is 0 Å². The predicted octanol–water partition coefficient (Wildman–Crippen LogP) is 4.91. The summed E-state index contributed by atoms with van der Waals surface area (Å²) in [5.74, 6) is 1.53. The summed E-state index contributed by atoms with van der Waals surface area (Å²) >= 11 is 0. The van der Waals surface area contributed by atoms with Crippen LogP contribution in [0.5, 0.6) is 0 Å². The molecule has 1 N–H and O–H groups in total. The average Bonchev–Trinajstić information content (AvgIpc) is 2.47. The van der Waals surface area contributed by atoms with E-state index in [-0.39, 0.29) is 0 Å². The molecule has 0 saturated heterocycles. The first-order chi connectivity index (χ1) is 9.72. The Balaban J connectivity index is 2.11. The summed E-state index contributed by atoms with van der Waals surface area (Å²) in [5.41, 5.74) is 3.22. The summed E-state index contributed by atoms with van der Waals surface area (Å²) in [6, 6.07) is 9.79. The van der Waals surface area contributed by atoms with Gasteiger partial charge in [0.05, 0.1) is 0 Å². The summed E-state index contributed by atoms with van der Waals surface area (Å²) in [6.45, 7) is 8.10. The zero-order chi connectivity index (χ0) is 14.4. The summed E-state index contributed by atoms with van der Waals surface area (Å²) in [5, 5.41) is 3.84. The van der Waals surface area contributed by atoms with Gasteiger partial charge in [-0.25, -0.2) is 0 Å². The Morgan fingerprint density at radius 3 is 2.75 bits per heavy atom. The van der Waals surface area contributed by atoms with Crippen molar-refractivity contribution in [2.24, 2.45) is 5.92 Å². The van der Waals surface area contributed by atoms with Crippen LogP contribution in [-0.2, 0) is 6.42 Å². The molecule has 2 unspecified atom stereocenters. The van der Waals surface area contributed by atoms with Crippen molar-refractivity contribution in [2.45, 2.75) is 71.3 Å². The summed E-state index contributed by atoms with van der Waals surface area (Å²) in [4.78, 5) is 0. The van der Waals surface area contributed by atoms with Gasteiger partial charge in [-0.2, -0.15) is 0 Å². The lowest BCUT2D eigenvalue weighted by Crippen LogP contribution is -2.37. The maximum Gasteiger partial charge on any atom is 0.0136 e. The Bertz CT molecular complexity index is 397. The molecule has 0 aromatic heterocycles. The van der Waals surface area contributed by atoms with Crippen LogP contribution in [0.2, 0.25) is 0 Å². The van der Waals surface area contributed by atoms with Crippen LogP contribution in [0.15, 0.2) is 24.3 Å². The van der Waals surface area contributed by atoms with Gasteiger partial charge in [-0.05, 0) is 68.0 Å². The zero-order valence-corrected chi connectivity index (χ0v) is 13.5. The Morgan fingerprint density at radius 2 is 2.00 bits per heavy atom. The topological polar surface area (TPSA) is 12.0 Å². The number of fused-ring (bicyclic) bond motifs is 1. The standard InChI is InChI=1S/C19H31N/c1-4-14-20-19(13-12-15(2)3)18-11-7-9-16-8-5-6-10-17(16)18/h5-6,8,10,15,18-20H,4,7,9,11-14H2,1-3H3. The SMILES string of the molecule is CCCNC(CCC(C)C)C1CCCc2ccccc21. The maximum atomic E-state index is 3.84. The highest BCUT2D eigenvalue weighted by molar-refractivity contribution is 5.33. The third-order valence-corrected chi connectivity index (χ3v) is 4.61. The second-order valence-corrected chi connectivity index (χ2v) is 6.73. The van der Waals surface area contributed by atoms with E-state index >= 15 is 0 Å². The van der Waals surface area contributed by atoms with Crippen LogP contribution in [0.3, 0.4) is 0 Å². The van der Waals surface area contributed by atoms with Crippen molar-refractivity contribution in [2.75, 3.05) is 6.54 Å². The predicted molar refractivity (Wildman–Crippen MR) is 88.3 cm³/mol. The van der Waals surface area contributed by atoms with Crippen LogP contribution < -0.4 is 5.32 Å². The van der Waals surface area contributed by atoms with Gasteiger partial charge in [0.25, 0.3) is 0 Å². The number of rotatable bonds is 7. The fourth-order valence-corrected chi connectivity index (χ4v) is 3.50. The highest BCUT2D eigenvalue weighted by atomic mass is 14.9. The molecule has 1 heteroatoms. The van der Waals surface area contributed by atoms with Gasteiger partial charge >= 0.3 is 0 Å². The zero-order valence-electron chi connectivity index (χ0n) is 13.5. The van der Waals surface area contributed by atoms with E-state index in [9.17, 15) is 0 Å². The number of hydrogen-bond donors (Lipinski definition) is 1. The maximum absolute atomic E-state index is 3.84. The molecule has 1 aliphatic carbocycles. The Kier molecular flexibility index (Phi) is 6.09. The number of nitrogens with one attached hydrogen (secondary N) is 1. The van der Waals surface area contributed by atoms with Crippen molar-refractivity contribution >= 4 is 0 Å². The Labute approximate surface area is 125 Å². The first-order valence-corrected chi connectivity index (χ1v) is 8.53. The largest absolute Gasteiger partial charge is 0.313 e. The van der Waals surface area contributed by atoms with Crippen LogP contribution in [0.4, 0.5) is 0 Å². The molecule has 1 aromatic rings. The van der Waals surface area contributed by atoms with Gasteiger partial charge in [0.1, 0.15) is 0 Å². The molecule has 0 spiro atoms. The van der Waals surface area contributed by atoms with Gasteiger partial charge in [-0.3, -0.25) is 0 Å². The van der Waals surface area contributed by atoms with Crippen LogP contribution in [0.25, 0.3) is 0 Å². The van der Waals surface area contributed by atoms with Crippen molar-refractivity contribution in [3.05, 3.63) is 35.4 Å². The molecule has 2 atom stereocenters. The number of benzene rings is 1. The van der Waals surface area contributed by atoms with Gasteiger partial charge < -0.3 is 5.32 Å². The second-order valence-electron chi connectivity index (χ2n) is 6.73. The van der Waals surface area contributed by atoms with Gasteiger partial charge in [-0.15, -0.1) is 0 Å². The minimum atomic E-state index is 0.666. The monoisotopic (exact) mass is 273 g/mol. The lowest BCUT2D eigenvalue weighted by atomic mass is 9.77. The van der Waals surface area contributed by atoms with Gasteiger partial charge in [-0.1, -0.05) is 45.0 Å². The van der Waals surface area contributed by atoms with Crippen molar-refractivity contribution in [3.8, 4) is 0 Å². The van der Waals surface area contributed by atoms with E-state index < -0.39 is 0 Å². The molecule has 0 amide bonds. The Morgan fingerprint density at radius 1 is 1.20 bits per heavy atom. The fourth-order valence-electron chi connectivity index (χ4n) is 3.50. The first-order valence-electron chi connectivity index (χ1n) is 8.53. The van der Waals surface area contributed by atoms with E-state index in [1.165, 1.54) is 38.5 Å². The van der Waals surface area contributed by atoms with Crippen LogP contribution in [0.1, 0.15) is 69.9 Å². The quantitative estimate of drug-likeness (QED) is 0.744. The summed E-state index contributed by atoms with van der Waals surface area (Å²) < 4.78 is 0.